The van der Waals surface area contributed by atoms with E-state index in [0.717, 1.165) is 23.6 Å². The summed E-state index contributed by atoms with van der Waals surface area (Å²) in [5.41, 5.74) is 1.38. The van der Waals surface area contributed by atoms with Gasteiger partial charge in [0.1, 0.15) is 5.82 Å². The smallest absolute Gasteiger partial charge is 0.225 e. The van der Waals surface area contributed by atoms with Crippen molar-refractivity contribution in [2.24, 2.45) is 0 Å². The molecule has 19 heavy (non-hydrogen) atoms. The largest absolute Gasteiger partial charge is 0.326 e. The molecule has 1 amide bonds. The Hall–Kier alpha value is -0.590. The molecule has 1 atom stereocenters. The number of hydrogen-bond donors (Lipinski definition) is 2. The average Bonchev–Trinajstić information content (AvgIpc) is 2.37. The third-order valence-electron chi connectivity index (χ3n) is 2.97. The van der Waals surface area contributed by atoms with Gasteiger partial charge in [-0.3, -0.25) is 4.79 Å². The van der Waals surface area contributed by atoms with E-state index in [4.69, 9.17) is 0 Å². The van der Waals surface area contributed by atoms with Crippen LogP contribution in [0.4, 0.5) is 10.1 Å². The molecule has 1 aromatic rings. The van der Waals surface area contributed by atoms with Crippen LogP contribution < -0.4 is 10.6 Å². The molecule has 0 aliphatic carbocycles. The van der Waals surface area contributed by atoms with E-state index in [1.54, 1.807) is 6.07 Å². The van der Waals surface area contributed by atoms with Crippen LogP contribution in [0, 0.1) is 12.7 Å². The van der Waals surface area contributed by atoms with Gasteiger partial charge in [0.2, 0.25) is 5.91 Å². The van der Waals surface area contributed by atoms with E-state index >= 15 is 0 Å². The normalized spacial score (nSPS) is 19.2. The summed E-state index contributed by atoms with van der Waals surface area (Å²) in [7, 11) is 0. The van der Waals surface area contributed by atoms with E-state index in [9.17, 15) is 9.18 Å². The number of amides is 1. The average molecular weight is 347 g/mol. The quantitative estimate of drug-likeness (QED) is 0.883. The molecule has 2 N–H and O–H groups in total. The predicted octanol–water partition coefficient (Wildman–Crippen LogP) is 2.93. The summed E-state index contributed by atoms with van der Waals surface area (Å²) < 4.78 is 13.9. The Morgan fingerprint density at radius 1 is 1.63 bits per heavy atom. The number of hydrogen-bond acceptors (Lipinski definition) is 3. The second kappa shape index (κ2) is 6.72. The summed E-state index contributed by atoms with van der Waals surface area (Å²) in [6, 6.07) is 3.22. The Kier molecular flexibility index (Phi) is 5.24. The molecule has 1 unspecified atom stereocenters. The maximum Gasteiger partial charge on any atom is 0.225 e. The fourth-order valence-corrected chi connectivity index (χ4v) is 3.36. The molecule has 1 fully saturated rings. The van der Waals surface area contributed by atoms with Crippen molar-refractivity contribution >= 4 is 39.3 Å². The molecule has 2 rings (SSSR count). The van der Waals surface area contributed by atoms with Crippen LogP contribution in [0.25, 0.3) is 0 Å². The molecule has 1 heterocycles. The van der Waals surface area contributed by atoms with Gasteiger partial charge in [0.15, 0.2) is 0 Å². The van der Waals surface area contributed by atoms with Crippen molar-refractivity contribution in [2.45, 2.75) is 19.4 Å². The van der Waals surface area contributed by atoms with Gasteiger partial charge >= 0.3 is 0 Å². The maximum atomic E-state index is 13.5. The minimum absolute atomic E-state index is 0.0789. The molecule has 1 aliphatic heterocycles. The lowest BCUT2D eigenvalue weighted by molar-refractivity contribution is -0.116. The first kappa shape index (κ1) is 14.8. The maximum absolute atomic E-state index is 13.5. The van der Waals surface area contributed by atoms with Gasteiger partial charge < -0.3 is 10.6 Å². The highest BCUT2D eigenvalue weighted by Crippen LogP contribution is 2.24. The highest BCUT2D eigenvalue weighted by molar-refractivity contribution is 9.10. The van der Waals surface area contributed by atoms with E-state index in [0.29, 0.717) is 16.6 Å². The van der Waals surface area contributed by atoms with E-state index in [-0.39, 0.29) is 17.8 Å². The van der Waals surface area contributed by atoms with Crippen molar-refractivity contribution in [3.63, 3.8) is 0 Å². The molecule has 0 saturated carbocycles. The standard InChI is InChI=1S/C13H16BrFN2OS/c1-8-4-10(14)11(15)6-12(8)17-13(18)5-9-7-19-3-2-16-9/h4,6,9,16H,2-3,5,7H2,1H3,(H,17,18). The second-order valence-corrected chi connectivity index (χ2v) is 6.56. The van der Waals surface area contributed by atoms with Crippen molar-refractivity contribution in [3.05, 3.63) is 28.0 Å². The lowest BCUT2D eigenvalue weighted by Crippen LogP contribution is -2.39. The van der Waals surface area contributed by atoms with Crippen LogP contribution in [0.1, 0.15) is 12.0 Å². The van der Waals surface area contributed by atoms with E-state index in [2.05, 4.69) is 26.6 Å². The van der Waals surface area contributed by atoms with Crippen molar-refractivity contribution in [3.8, 4) is 0 Å². The molecule has 1 aliphatic rings. The Morgan fingerprint density at radius 2 is 2.42 bits per heavy atom. The molecule has 0 radical (unpaired) electrons. The minimum Gasteiger partial charge on any atom is -0.326 e. The number of thioether (sulfide) groups is 1. The monoisotopic (exact) mass is 346 g/mol. The summed E-state index contributed by atoms with van der Waals surface area (Å²) in [6.07, 6.45) is 0.421. The first-order chi connectivity index (χ1) is 9.06. The number of benzene rings is 1. The Bertz CT molecular complexity index is 478. The van der Waals surface area contributed by atoms with Crippen LogP contribution in [-0.2, 0) is 4.79 Å². The van der Waals surface area contributed by atoms with E-state index in [1.807, 2.05) is 18.7 Å². The zero-order valence-electron chi connectivity index (χ0n) is 10.6. The van der Waals surface area contributed by atoms with Gasteiger partial charge in [-0.2, -0.15) is 11.8 Å². The molecular weight excluding hydrogens is 331 g/mol. The highest BCUT2D eigenvalue weighted by Gasteiger charge is 2.17. The van der Waals surface area contributed by atoms with Crippen molar-refractivity contribution in [1.29, 1.82) is 0 Å². The first-order valence-electron chi connectivity index (χ1n) is 6.13. The van der Waals surface area contributed by atoms with Gasteiger partial charge in [-0.15, -0.1) is 0 Å². The molecule has 0 bridgehead atoms. The van der Waals surface area contributed by atoms with Gasteiger partial charge in [-0.05, 0) is 40.5 Å². The molecule has 6 heteroatoms. The zero-order valence-corrected chi connectivity index (χ0v) is 13.0. The second-order valence-electron chi connectivity index (χ2n) is 4.56. The number of rotatable bonds is 3. The highest BCUT2D eigenvalue weighted by atomic mass is 79.9. The fourth-order valence-electron chi connectivity index (χ4n) is 1.96. The summed E-state index contributed by atoms with van der Waals surface area (Å²) in [5.74, 6) is 1.59. The lowest BCUT2D eigenvalue weighted by Gasteiger charge is -2.22. The topological polar surface area (TPSA) is 41.1 Å². The van der Waals surface area contributed by atoms with Crippen molar-refractivity contribution in [2.75, 3.05) is 23.4 Å². The van der Waals surface area contributed by atoms with Crippen LogP contribution in [0.5, 0.6) is 0 Å². The zero-order chi connectivity index (χ0) is 13.8. The Labute approximate surface area is 124 Å². The van der Waals surface area contributed by atoms with Crippen LogP contribution >= 0.6 is 27.7 Å². The number of carbonyl (C=O) groups excluding carboxylic acids is 1. The molecule has 104 valence electrons. The van der Waals surface area contributed by atoms with Gasteiger partial charge in [0.05, 0.1) is 4.47 Å². The third-order valence-corrected chi connectivity index (χ3v) is 4.71. The fraction of sp³-hybridized carbons (Fsp3) is 0.462. The van der Waals surface area contributed by atoms with Crippen LogP contribution in [0.3, 0.4) is 0 Å². The molecular formula is C13H16BrFN2OS. The number of aryl methyl sites for hydroxylation is 1. The number of anilines is 1. The Balaban J connectivity index is 1.96. The number of carbonyl (C=O) groups is 1. The van der Waals surface area contributed by atoms with Crippen molar-refractivity contribution < 1.29 is 9.18 Å². The molecule has 0 spiro atoms. The molecule has 3 nitrogen and oxygen atoms in total. The van der Waals surface area contributed by atoms with Crippen LogP contribution in [-0.4, -0.2) is 30.0 Å². The van der Waals surface area contributed by atoms with Gasteiger partial charge in [-0.1, -0.05) is 0 Å². The van der Waals surface area contributed by atoms with Gasteiger partial charge in [-0.25, -0.2) is 4.39 Å². The van der Waals surface area contributed by atoms with Gasteiger partial charge in [0.25, 0.3) is 0 Å². The summed E-state index contributed by atoms with van der Waals surface area (Å²) in [5, 5.41) is 6.08. The lowest BCUT2D eigenvalue weighted by atomic mass is 10.1. The first-order valence-corrected chi connectivity index (χ1v) is 8.07. The van der Waals surface area contributed by atoms with Crippen LogP contribution in [0.15, 0.2) is 16.6 Å². The van der Waals surface area contributed by atoms with E-state index in [1.165, 1.54) is 6.07 Å². The molecule has 1 saturated heterocycles. The van der Waals surface area contributed by atoms with Crippen molar-refractivity contribution in [1.82, 2.24) is 5.32 Å². The summed E-state index contributed by atoms with van der Waals surface area (Å²) in [6.45, 7) is 2.78. The molecule has 1 aromatic carbocycles. The number of nitrogens with one attached hydrogen (secondary N) is 2. The minimum atomic E-state index is -0.368. The SMILES string of the molecule is Cc1cc(Br)c(F)cc1NC(=O)CC1CSCCN1. The summed E-state index contributed by atoms with van der Waals surface area (Å²) in [4.78, 5) is 11.9. The summed E-state index contributed by atoms with van der Waals surface area (Å²) >= 11 is 4.98. The van der Waals surface area contributed by atoms with E-state index < -0.39 is 0 Å². The predicted molar refractivity (Wildman–Crippen MR) is 81.2 cm³/mol. The number of halogens is 2. The van der Waals surface area contributed by atoms with Crippen LogP contribution in [0.2, 0.25) is 0 Å². The van der Waals surface area contributed by atoms with Gasteiger partial charge in [0, 0.05) is 36.2 Å². The Morgan fingerprint density at radius 3 is 3.11 bits per heavy atom. The molecule has 0 aromatic heterocycles. The third kappa shape index (κ3) is 4.19.